The predicted octanol–water partition coefficient (Wildman–Crippen LogP) is -3.14. The number of hydrogen-bond acceptors (Lipinski definition) is 4. The first kappa shape index (κ1) is 20.4. The molecular formula is C15H22Br2N2NiO2. The Balaban J connectivity index is 0.000000807. The maximum Gasteiger partial charge on any atom is 2.00 e. The molecule has 2 heterocycles. The van der Waals surface area contributed by atoms with Crippen LogP contribution in [-0.2, 0) is 26.0 Å². The standard InChI is InChI=1S/C15H22N2O2.2BrH.Ni/c1-10-14(5-3-6-14)18-12(16-10)9-13-17-11(2)15(19-13)7-4-8-15;;;/h10-11H,3-9H2,1-2H3;2*1H;/q;;;+2/p-2/t10-,11-;;;/m1.../s1. The zero-order valence-corrected chi connectivity index (χ0v) is 17.0. The quantitative estimate of drug-likeness (QED) is 0.392. The average Bonchev–Trinajstić information content (AvgIpc) is 2.75. The molecule has 0 aromatic rings. The molecule has 128 valence electrons. The van der Waals surface area contributed by atoms with Crippen LogP contribution in [0.5, 0.6) is 0 Å². The molecule has 7 heteroatoms. The van der Waals surface area contributed by atoms with Crippen molar-refractivity contribution in [2.24, 2.45) is 9.98 Å². The number of ether oxygens (including phenoxy) is 2. The van der Waals surface area contributed by atoms with Crippen molar-refractivity contribution in [3.63, 3.8) is 0 Å². The summed E-state index contributed by atoms with van der Waals surface area (Å²) in [7, 11) is 0. The third kappa shape index (κ3) is 3.02. The molecule has 0 radical (unpaired) electrons. The summed E-state index contributed by atoms with van der Waals surface area (Å²) in [5.41, 5.74) is 0.0442. The molecule has 2 saturated carbocycles. The predicted molar refractivity (Wildman–Crippen MR) is 73.7 cm³/mol. The molecule has 0 N–H and O–H groups in total. The summed E-state index contributed by atoms with van der Waals surface area (Å²) in [6.45, 7) is 4.33. The van der Waals surface area contributed by atoms with E-state index in [2.05, 4.69) is 23.8 Å². The van der Waals surface area contributed by atoms with Crippen molar-refractivity contribution in [3.8, 4) is 0 Å². The smallest absolute Gasteiger partial charge is 1.00 e. The average molecular weight is 481 g/mol. The first-order valence-corrected chi connectivity index (χ1v) is 7.63. The topological polar surface area (TPSA) is 43.2 Å². The molecule has 2 atom stereocenters. The molecular weight excluding hydrogens is 459 g/mol. The molecule has 0 amide bonds. The van der Waals surface area contributed by atoms with Crippen molar-refractivity contribution in [1.29, 1.82) is 0 Å². The zero-order valence-electron chi connectivity index (χ0n) is 12.9. The van der Waals surface area contributed by atoms with Crippen LogP contribution in [0.2, 0.25) is 0 Å². The van der Waals surface area contributed by atoms with E-state index in [1.807, 2.05) is 0 Å². The van der Waals surface area contributed by atoms with Gasteiger partial charge in [-0.15, -0.1) is 0 Å². The van der Waals surface area contributed by atoms with E-state index in [9.17, 15) is 0 Å². The molecule has 0 aromatic carbocycles. The molecule has 2 aliphatic heterocycles. The molecule has 2 aliphatic carbocycles. The van der Waals surface area contributed by atoms with Crippen LogP contribution in [0, 0.1) is 0 Å². The minimum Gasteiger partial charge on any atom is -1.00 e. The van der Waals surface area contributed by atoms with Crippen molar-refractivity contribution in [1.82, 2.24) is 0 Å². The van der Waals surface area contributed by atoms with E-state index in [1.54, 1.807) is 0 Å². The molecule has 2 spiro atoms. The molecule has 0 bridgehead atoms. The van der Waals surface area contributed by atoms with Crippen LogP contribution in [0.3, 0.4) is 0 Å². The molecule has 0 saturated heterocycles. The first-order chi connectivity index (χ1) is 9.12. The van der Waals surface area contributed by atoms with Gasteiger partial charge < -0.3 is 43.4 Å². The summed E-state index contributed by atoms with van der Waals surface area (Å²) in [4.78, 5) is 9.35. The SMILES string of the molecule is C[C@H]1N=C(CC2=N[C@H](C)C3(CCC3)O2)OC12CCC2.[Br-].[Br-].[Ni+2]. The van der Waals surface area contributed by atoms with Crippen molar-refractivity contribution >= 4 is 11.8 Å². The van der Waals surface area contributed by atoms with Gasteiger partial charge in [0.05, 0.1) is 18.5 Å². The summed E-state index contributed by atoms with van der Waals surface area (Å²) < 4.78 is 12.2. The molecule has 4 nitrogen and oxygen atoms in total. The van der Waals surface area contributed by atoms with E-state index in [1.165, 1.54) is 12.8 Å². The summed E-state index contributed by atoms with van der Waals surface area (Å²) in [5, 5.41) is 0. The van der Waals surface area contributed by atoms with Gasteiger partial charge in [0, 0.05) is 0 Å². The van der Waals surface area contributed by atoms with Gasteiger partial charge in [-0.1, -0.05) is 0 Å². The van der Waals surface area contributed by atoms with E-state index in [-0.39, 0.29) is 61.7 Å². The number of halogens is 2. The van der Waals surface area contributed by atoms with Gasteiger partial charge in [0.1, 0.15) is 11.2 Å². The monoisotopic (exact) mass is 478 g/mol. The van der Waals surface area contributed by atoms with Crippen LogP contribution in [-0.4, -0.2) is 35.1 Å². The van der Waals surface area contributed by atoms with Gasteiger partial charge in [-0.25, -0.2) is 9.98 Å². The van der Waals surface area contributed by atoms with Crippen LogP contribution in [0.25, 0.3) is 0 Å². The van der Waals surface area contributed by atoms with Crippen LogP contribution >= 0.6 is 0 Å². The van der Waals surface area contributed by atoms with Gasteiger partial charge in [-0.05, 0) is 52.4 Å². The van der Waals surface area contributed by atoms with Gasteiger partial charge in [0.2, 0.25) is 0 Å². The van der Waals surface area contributed by atoms with Crippen molar-refractivity contribution < 1.29 is 59.9 Å². The number of nitrogens with zero attached hydrogens (tertiary/aromatic N) is 2. The van der Waals surface area contributed by atoms with Gasteiger partial charge in [-0.3, -0.25) is 0 Å². The maximum atomic E-state index is 6.10. The van der Waals surface area contributed by atoms with E-state index < -0.39 is 0 Å². The summed E-state index contributed by atoms with van der Waals surface area (Å²) in [6, 6.07) is 0.599. The third-order valence-corrected chi connectivity index (χ3v) is 5.54. The maximum absolute atomic E-state index is 6.10. The molecule has 22 heavy (non-hydrogen) atoms. The van der Waals surface area contributed by atoms with E-state index in [4.69, 9.17) is 9.47 Å². The molecule has 4 aliphatic rings. The molecule has 4 rings (SSSR count). The fraction of sp³-hybridized carbons (Fsp3) is 0.867. The summed E-state index contributed by atoms with van der Waals surface area (Å²) in [6.07, 6.45) is 7.78. The zero-order chi connectivity index (χ0) is 13.1. The Bertz CT molecular complexity index is 434. The van der Waals surface area contributed by atoms with Crippen molar-refractivity contribution in [3.05, 3.63) is 0 Å². The summed E-state index contributed by atoms with van der Waals surface area (Å²) >= 11 is 0. The Kier molecular flexibility index (Phi) is 6.60. The Labute approximate surface area is 163 Å². The van der Waals surface area contributed by atoms with Crippen molar-refractivity contribution in [2.45, 2.75) is 82.1 Å². The second kappa shape index (κ2) is 7.10. The second-order valence-electron chi connectivity index (χ2n) is 6.62. The van der Waals surface area contributed by atoms with Crippen LogP contribution in [0.15, 0.2) is 9.98 Å². The number of rotatable bonds is 2. The number of aliphatic imine (C=N–C) groups is 2. The van der Waals surface area contributed by atoms with Gasteiger partial charge >= 0.3 is 16.5 Å². The van der Waals surface area contributed by atoms with Gasteiger partial charge in [0.15, 0.2) is 11.8 Å². The fourth-order valence-corrected chi connectivity index (χ4v) is 3.74. The minimum absolute atomic E-state index is 0. The van der Waals surface area contributed by atoms with Crippen LogP contribution < -0.4 is 34.0 Å². The molecule has 0 aromatic heterocycles. The Morgan fingerprint density at radius 2 is 1.23 bits per heavy atom. The molecule has 0 unspecified atom stereocenters. The summed E-state index contributed by atoms with van der Waals surface area (Å²) in [5.74, 6) is 1.68. The Morgan fingerprint density at radius 3 is 1.45 bits per heavy atom. The third-order valence-electron chi connectivity index (χ3n) is 5.54. The van der Waals surface area contributed by atoms with Gasteiger partial charge in [-0.2, -0.15) is 0 Å². The fourth-order valence-electron chi connectivity index (χ4n) is 3.74. The molecule has 2 fully saturated rings. The van der Waals surface area contributed by atoms with E-state index in [0.717, 1.165) is 37.5 Å². The largest absolute Gasteiger partial charge is 2.00 e. The second-order valence-corrected chi connectivity index (χ2v) is 6.62. The van der Waals surface area contributed by atoms with Crippen LogP contribution in [0.1, 0.15) is 58.8 Å². The van der Waals surface area contributed by atoms with E-state index in [0.29, 0.717) is 18.5 Å². The van der Waals surface area contributed by atoms with E-state index >= 15 is 0 Å². The number of hydrogen-bond donors (Lipinski definition) is 0. The van der Waals surface area contributed by atoms with Gasteiger partial charge in [0.25, 0.3) is 0 Å². The Morgan fingerprint density at radius 1 is 0.864 bits per heavy atom. The first-order valence-electron chi connectivity index (χ1n) is 7.63. The minimum atomic E-state index is 0. The normalized spacial score (nSPS) is 32.1. The van der Waals surface area contributed by atoms with Crippen molar-refractivity contribution in [2.75, 3.05) is 0 Å². The van der Waals surface area contributed by atoms with Crippen LogP contribution in [0.4, 0.5) is 0 Å². The Hall–Kier alpha value is 0.394.